The Balaban J connectivity index is 1.16. The molecule has 0 saturated carbocycles. The van der Waals surface area contributed by atoms with Gasteiger partial charge in [0.2, 0.25) is 5.95 Å². The van der Waals surface area contributed by atoms with Crippen molar-refractivity contribution in [1.82, 2.24) is 19.5 Å². The van der Waals surface area contributed by atoms with Crippen LogP contribution in [0.4, 0.5) is 0 Å². The summed E-state index contributed by atoms with van der Waals surface area (Å²) >= 11 is 0. The van der Waals surface area contributed by atoms with Crippen molar-refractivity contribution in [1.29, 1.82) is 0 Å². The number of rotatable bonds is 5. The third kappa shape index (κ3) is 5.01. The van der Waals surface area contributed by atoms with Crippen LogP contribution in [0.25, 0.3) is 117 Å². The highest BCUT2D eigenvalue weighted by atomic mass is 16.3. The van der Waals surface area contributed by atoms with Crippen molar-refractivity contribution in [3.05, 3.63) is 182 Å². The Hall–Kier alpha value is -7.83. The molecule has 4 heterocycles. The maximum Gasteiger partial charge on any atom is 0.238 e. The molecule has 6 nitrogen and oxygen atoms in total. The van der Waals surface area contributed by atoms with Crippen molar-refractivity contribution in [2.45, 2.75) is 0 Å². The van der Waals surface area contributed by atoms with Crippen LogP contribution in [-0.4, -0.2) is 19.5 Å². The first-order valence-electron chi connectivity index (χ1n) is 19.0. The number of para-hydroxylation sites is 3. The minimum atomic E-state index is 0.514. The second kappa shape index (κ2) is 12.3. The van der Waals surface area contributed by atoms with Gasteiger partial charge in [-0.15, -0.1) is 0 Å². The molecule has 57 heavy (non-hydrogen) atoms. The van der Waals surface area contributed by atoms with Crippen LogP contribution in [-0.2, 0) is 0 Å². The number of furan rings is 2. The van der Waals surface area contributed by atoms with Crippen LogP contribution in [0.1, 0.15) is 0 Å². The van der Waals surface area contributed by atoms with E-state index in [2.05, 4.69) is 138 Å². The molecule has 266 valence electrons. The minimum Gasteiger partial charge on any atom is -0.456 e. The first kappa shape index (κ1) is 31.5. The molecule has 6 heteroatoms. The van der Waals surface area contributed by atoms with Gasteiger partial charge in [-0.25, -0.2) is 4.98 Å². The molecule has 0 aliphatic carbocycles. The molecule has 0 atom stereocenters. The number of hydrogen-bond donors (Lipinski definition) is 0. The zero-order chi connectivity index (χ0) is 37.5. The Morgan fingerprint density at radius 3 is 1.46 bits per heavy atom. The monoisotopic (exact) mass is 730 g/mol. The van der Waals surface area contributed by atoms with Crippen LogP contribution in [0.3, 0.4) is 0 Å². The van der Waals surface area contributed by atoms with Crippen molar-refractivity contribution in [3.63, 3.8) is 0 Å². The molecular weight excluding hydrogens is 701 g/mol. The van der Waals surface area contributed by atoms with Gasteiger partial charge in [0.15, 0.2) is 11.6 Å². The Labute approximate surface area is 325 Å². The summed E-state index contributed by atoms with van der Waals surface area (Å²) in [6, 6.07) is 62.9. The third-order valence-corrected chi connectivity index (χ3v) is 11.1. The summed E-state index contributed by atoms with van der Waals surface area (Å²) in [5.41, 5.74) is 11.4. The lowest BCUT2D eigenvalue weighted by Crippen LogP contribution is -2.06. The van der Waals surface area contributed by atoms with Crippen LogP contribution in [0.15, 0.2) is 191 Å². The van der Waals surface area contributed by atoms with Crippen molar-refractivity contribution < 1.29 is 8.83 Å². The summed E-state index contributed by atoms with van der Waals surface area (Å²) in [6.07, 6.45) is 0. The van der Waals surface area contributed by atoms with Gasteiger partial charge in [0.1, 0.15) is 22.3 Å². The maximum atomic E-state index is 6.35. The lowest BCUT2D eigenvalue weighted by Gasteiger charge is -2.13. The van der Waals surface area contributed by atoms with Gasteiger partial charge in [-0.3, -0.25) is 4.57 Å². The fourth-order valence-electron chi connectivity index (χ4n) is 8.41. The predicted molar refractivity (Wildman–Crippen MR) is 230 cm³/mol. The molecule has 0 spiro atoms. The first-order valence-corrected chi connectivity index (χ1v) is 19.0. The fourth-order valence-corrected chi connectivity index (χ4v) is 8.41. The lowest BCUT2D eigenvalue weighted by molar-refractivity contribution is 0.668. The Morgan fingerprint density at radius 1 is 0.333 bits per heavy atom. The Kier molecular flexibility index (Phi) is 6.83. The molecular formula is C51H30N4O2. The molecule has 0 fully saturated rings. The molecule has 0 amide bonds. The zero-order valence-corrected chi connectivity index (χ0v) is 30.4. The number of aromatic nitrogens is 4. The van der Waals surface area contributed by atoms with E-state index in [1.807, 2.05) is 48.5 Å². The standard InChI is InChI=1S/C51H30N4O2/c1-3-13-31(14-4-1)35-27-41(32-15-5-2-6-16-32)48-40-19-7-10-20-42(40)55(43(48)28-35)51-53-49(33-23-25-38-36-17-8-11-21-44(36)56-46(38)29-33)52-50(54-51)34-24-26-39-37-18-9-12-22-45(37)57-47(39)30-34/h1-30H. The van der Waals surface area contributed by atoms with E-state index in [1.165, 1.54) is 0 Å². The summed E-state index contributed by atoms with van der Waals surface area (Å²) in [5, 5.41) is 6.48. The number of nitrogens with zero attached hydrogens (tertiary/aromatic N) is 4. The van der Waals surface area contributed by atoms with Crippen LogP contribution in [0.2, 0.25) is 0 Å². The van der Waals surface area contributed by atoms with E-state index in [4.69, 9.17) is 23.8 Å². The average molecular weight is 731 g/mol. The molecule has 12 aromatic rings. The SMILES string of the molecule is c1ccc(-c2cc(-c3ccccc3)c3c4ccccc4n(-c4nc(-c5ccc6c(c5)oc5ccccc56)nc(-c5ccc6c(c5)oc5ccccc56)n4)c3c2)cc1. The fraction of sp³-hybridized carbons (Fsp3) is 0. The van der Waals surface area contributed by atoms with Crippen LogP contribution in [0, 0.1) is 0 Å². The van der Waals surface area contributed by atoms with Crippen LogP contribution in [0.5, 0.6) is 0 Å². The van der Waals surface area contributed by atoms with Gasteiger partial charge in [-0.2, -0.15) is 9.97 Å². The molecule has 0 bridgehead atoms. The Bertz CT molecular complexity index is 3390. The molecule has 0 saturated heterocycles. The zero-order valence-electron chi connectivity index (χ0n) is 30.4. The highest BCUT2D eigenvalue weighted by Gasteiger charge is 2.22. The van der Waals surface area contributed by atoms with E-state index >= 15 is 0 Å². The van der Waals surface area contributed by atoms with Gasteiger partial charge >= 0.3 is 0 Å². The van der Waals surface area contributed by atoms with E-state index in [0.29, 0.717) is 17.6 Å². The largest absolute Gasteiger partial charge is 0.456 e. The average Bonchev–Trinajstić information content (AvgIpc) is 3.95. The highest BCUT2D eigenvalue weighted by Crippen LogP contribution is 2.42. The molecule has 0 radical (unpaired) electrons. The van der Waals surface area contributed by atoms with Crippen molar-refractivity contribution in [3.8, 4) is 51.0 Å². The number of benzene rings is 8. The normalized spacial score (nSPS) is 11.9. The van der Waals surface area contributed by atoms with Gasteiger partial charge in [-0.05, 0) is 76.9 Å². The third-order valence-electron chi connectivity index (χ3n) is 11.1. The van der Waals surface area contributed by atoms with E-state index in [9.17, 15) is 0 Å². The highest BCUT2D eigenvalue weighted by molar-refractivity contribution is 6.17. The first-order chi connectivity index (χ1) is 28.2. The molecule has 4 aromatic heterocycles. The van der Waals surface area contributed by atoms with Crippen molar-refractivity contribution in [2.24, 2.45) is 0 Å². The number of fused-ring (bicyclic) bond motifs is 9. The van der Waals surface area contributed by atoms with E-state index < -0.39 is 0 Å². The molecule has 0 N–H and O–H groups in total. The summed E-state index contributed by atoms with van der Waals surface area (Å²) in [5.74, 6) is 1.59. The van der Waals surface area contributed by atoms with Crippen LogP contribution >= 0.6 is 0 Å². The molecule has 0 aliphatic rings. The molecule has 0 unspecified atom stereocenters. The van der Waals surface area contributed by atoms with Gasteiger partial charge < -0.3 is 8.83 Å². The lowest BCUT2D eigenvalue weighted by atomic mass is 9.94. The topological polar surface area (TPSA) is 69.9 Å². The molecule has 8 aromatic carbocycles. The summed E-state index contributed by atoms with van der Waals surface area (Å²) in [6.45, 7) is 0. The molecule has 12 rings (SSSR count). The van der Waals surface area contributed by atoms with E-state index in [1.54, 1.807) is 0 Å². The van der Waals surface area contributed by atoms with Gasteiger partial charge in [0, 0.05) is 43.4 Å². The maximum absolute atomic E-state index is 6.35. The minimum absolute atomic E-state index is 0.514. The smallest absolute Gasteiger partial charge is 0.238 e. The van der Waals surface area contributed by atoms with Crippen molar-refractivity contribution >= 4 is 65.7 Å². The molecule has 0 aliphatic heterocycles. The second-order valence-electron chi connectivity index (χ2n) is 14.4. The second-order valence-corrected chi connectivity index (χ2v) is 14.4. The summed E-state index contributed by atoms with van der Waals surface area (Å²) < 4.78 is 14.9. The van der Waals surface area contributed by atoms with E-state index in [-0.39, 0.29) is 0 Å². The predicted octanol–water partition coefficient (Wildman–Crippen LogP) is 13.4. The number of hydrogen-bond acceptors (Lipinski definition) is 5. The quantitative estimate of drug-likeness (QED) is 0.176. The van der Waals surface area contributed by atoms with Gasteiger partial charge in [0.05, 0.1) is 11.0 Å². The van der Waals surface area contributed by atoms with Gasteiger partial charge in [0.25, 0.3) is 0 Å². The van der Waals surface area contributed by atoms with Crippen LogP contribution < -0.4 is 0 Å². The summed E-state index contributed by atoms with van der Waals surface area (Å²) in [4.78, 5) is 15.8. The van der Waals surface area contributed by atoms with E-state index in [0.717, 1.165) is 99.1 Å². The Morgan fingerprint density at radius 2 is 0.842 bits per heavy atom. The van der Waals surface area contributed by atoms with Crippen molar-refractivity contribution in [2.75, 3.05) is 0 Å². The van der Waals surface area contributed by atoms with Gasteiger partial charge in [-0.1, -0.05) is 127 Å². The summed E-state index contributed by atoms with van der Waals surface area (Å²) in [7, 11) is 0.